The number of hydrogen-bond donors (Lipinski definition) is 0. The zero-order valence-electron chi connectivity index (χ0n) is 16.5. The minimum atomic E-state index is -0.500. The van der Waals surface area contributed by atoms with Gasteiger partial charge in [-0.1, -0.05) is 36.7 Å². The van der Waals surface area contributed by atoms with Crippen molar-refractivity contribution in [1.82, 2.24) is 19.7 Å². The Kier molecular flexibility index (Phi) is 5.45. The van der Waals surface area contributed by atoms with Crippen LogP contribution in [0.25, 0.3) is 0 Å². The Morgan fingerprint density at radius 1 is 1.18 bits per heavy atom. The molecular weight excluding hydrogens is 375 g/mol. The van der Waals surface area contributed by atoms with E-state index < -0.39 is 5.41 Å². The summed E-state index contributed by atoms with van der Waals surface area (Å²) >= 11 is 1.58. The molecule has 0 radical (unpaired) electrons. The number of thioether (sulfide) groups is 1. The smallest absolute Gasteiger partial charge is 0.233 e. The van der Waals surface area contributed by atoms with Gasteiger partial charge < -0.3 is 9.47 Å². The third-order valence-corrected chi connectivity index (χ3v) is 7.11. The molecule has 150 valence electrons. The molecule has 2 fully saturated rings. The number of amides is 1. The van der Waals surface area contributed by atoms with E-state index in [0.29, 0.717) is 6.54 Å². The van der Waals surface area contributed by atoms with Crippen molar-refractivity contribution in [3.8, 4) is 0 Å². The standard InChI is InChI=1S/C21H27FN4OS/c1-25-18(23-24-20(25)28-2)15-6-5-13-26(14-15)19(27)21(11-3-4-12-21)16-7-9-17(22)10-8-16/h7-10,15H,3-6,11-14H2,1-2H3. The predicted octanol–water partition coefficient (Wildman–Crippen LogP) is 3.89. The molecular formula is C21H27FN4OS. The molecule has 1 saturated carbocycles. The summed E-state index contributed by atoms with van der Waals surface area (Å²) in [6, 6.07) is 6.55. The van der Waals surface area contributed by atoms with Gasteiger partial charge in [-0.25, -0.2) is 4.39 Å². The largest absolute Gasteiger partial charge is 0.341 e. The number of aromatic nitrogens is 3. The molecule has 4 rings (SSSR count). The first-order valence-corrected chi connectivity index (χ1v) is 11.3. The molecule has 2 aromatic rings. The maximum absolute atomic E-state index is 13.7. The zero-order chi connectivity index (χ0) is 19.7. The Labute approximate surface area is 169 Å². The summed E-state index contributed by atoms with van der Waals surface area (Å²) in [7, 11) is 2.00. The minimum Gasteiger partial charge on any atom is -0.341 e. The van der Waals surface area contributed by atoms with Crippen LogP contribution in [0.5, 0.6) is 0 Å². The second kappa shape index (κ2) is 7.85. The molecule has 2 aliphatic rings. The van der Waals surface area contributed by atoms with Gasteiger partial charge in [-0.15, -0.1) is 10.2 Å². The second-order valence-corrected chi connectivity index (χ2v) is 8.76. The lowest BCUT2D eigenvalue weighted by Gasteiger charge is -2.39. The van der Waals surface area contributed by atoms with Crippen molar-refractivity contribution < 1.29 is 9.18 Å². The molecule has 1 aliphatic carbocycles. The van der Waals surface area contributed by atoms with E-state index >= 15 is 0 Å². The molecule has 1 saturated heterocycles. The lowest BCUT2D eigenvalue weighted by atomic mass is 9.77. The van der Waals surface area contributed by atoms with E-state index in [-0.39, 0.29) is 17.6 Å². The average Bonchev–Trinajstić information content (AvgIpc) is 3.35. The number of likely N-dealkylation sites (tertiary alicyclic amines) is 1. The first-order chi connectivity index (χ1) is 13.5. The fraction of sp³-hybridized carbons (Fsp3) is 0.571. The van der Waals surface area contributed by atoms with Crippen LogP contribution in [0.15, 0.2) is 29.4 Å². The van der Waals surface area contributed by atoms with Crippen LogP contribution in [0.4, 0.5) is 4.39 Å². The van der Waals surface area contributed by atoms with E-state index in [1.54, 1.807) is 23.9 Å². The van der Waals surface area contributed by atoms with Crippen molar-refractivity contribution in [3.63, 3.8) is 0 Å². The van der Waals surface area contributed by atoms with Gasteiger partial charge >= 0.3 is 0 Å². The number of carbonyl (C=O) groups is 1. The minimum absolute atomic E-state index is 0.202. The highest BCUT2D eigenvalue weighted by atomic mass is 32.2. The van der Waals surface area contributed by atoms with Crippen LogP contribution < -0.4 is 0 Å². The van der Waals surface area contributed by atoms with Gasteiger partial charge in [-0.05, 0) is 49.6 Å². The van der Waals surface area contributed by atoms with E-state index in [2.05, 4.69) is 14.8 Å². The fourth-order valence-electron chi connectivity index (χ4n) is 4.91. The van der Waals surface area contributed by atoms with Crippen molar-refractivity contribution in [2.45, 2.75) is 55.0 Å². The number of rotatable bonds is 4. The fourth-order valence-corrected chi connectivity index (χ4v) is 5.40. The van der Waals surface area contributed by atoms with Crippen LogP contribution in [0.1, 0.15) is 55.8 Å². The number of carbonyl (C=O) groups excluding carboxylic acids is 1. The Morgan fingerprint density at radius 3 is 2.54 bits per heavy atom. The van der Waals surface area contributed by atoms with Crippen LogP contribution in [-0.2, 0) is 17.3 Å². The molecule has 0 spiro atoms. The van der Waals surface area contributed by atoms with Gasteiger partial charge in [0.1, 0.15) is 11.6 Å². The third-order valence-electron chi connectivity index (χ3n) is 6.39. The Bertz CT molecular complexity index is 845. The van der Waals surface area contributed by atoms with Crippen molar-refractivity contribution in [2.75, 3.05) is 19.3 Å². The van der Waals surface area contributed by atoms with Crippen molar-refractivity contribution in [3.05, 3.63) is 41.5 Å². The van der Waals surface area contributed by atoms with Gasteiger partial charge in [0.05, 0.1) is 5.41 Å². The monoisotopic (exact) mass is 402 g/mol. The summed E-state index contributed by atoms with van der Waals surface area (Å²) in [6.45, 7) is 1.47. The second-order valence-electron chi connectivity index (χ2n) is 7.99. The molecule has 1 aliphatic heterocycles. The van der Waals surface area contributed by atoms with Crippen LogP contribution in [0.3, 0.4) is 0 Å². The van der Waals surface area contributed by atoms with E-state index in [4.69, 9.17) is 0 Å². The van der Waals surface area contributed by atoms with E-state index in [9.17, 15) is 9.18 Å². The lowest BCUT2D eigenvalue weighted by Crippen LogP contribution is -2.49. The van der Waals surface area contributed by atoms with Crippen LogP contribution in [0.2, 0.25) is 0 Å². The number of halogens is 1. The van der Waals surface area contributed by atoms with Crippen molar-refractivity contribution >= 4 is 17.7 Å². The molecule has 0 bridgehead atoms. The lowest BCUT2D eigenvalue weighted by molar-refractivity contribution is -0.138. The molecule has 2 heterocycles. The highest BCUT2D eigenvalue weighted by Crippen LogP contribution is 2.43. The third kappa shape index (κ3) is 3.34. The maximum Gasteiger partial charge on any atom is 0.233 e. The molecule has 1 unspecified atom stereocenters. The predicted molar refractivity (Wildman–Crippen MR) is 108 cm³/mol. The SMILES string of the molecule is CSc1nnc(C2CCCN(C(=O)C3(c4ccc(F)cc4)CCCC3)C2)n1C. The van der Waals surface area contributed by atoms with E-state index in [1.807, 2.05) is 18.2 Å². The number of benzene rings is 1. The molecule has 7 heteroatoms. The molecule has 0 N–H and O–H groups in total. The Balaban J connectivity index is 1.59. The van der Waals surface area contributed by atoms with Gasteiger partial charge in [0.2, 0.25) is 5.91 Å². The zero-order valence-corrected chi connectivity index (χ0v) is 17.3. The average molecular weight is 403 g/mol. The number of nitrogens with zero attached hydrogens (tertiary/aromatic N) is 4. The maximum atomic E-state index is 13.7. The van der Waals surface area contributed by atoms with Gasteiger partial charge in [-0.2, -0.15) is 0 Å². The molecule has 28 heavy (non-hydrogen) atoms. The number of hydrogen-bond acceptors (Lipinski definition) is 4. The van der Waals surface area contributed by atoms with Gasteiger partial charge in [0, 0.05) is 26.1 Å². The quantitative estimate of drug-likeness (QED) is 0.728. The Morgan fingerprint density at radius 2 is 1.89 bits per heavy atom. The summed E-state index contributed by atoms with van der Waals surface area (Å²) in [5.41, 5.74) is 0.460. The van der Waals surface area contributed by atoms with Crippen molar-refractivity contribution in [2.24, 2.45) is 7.05 Å². The van der Waals surface area contributed by atoms with Crippen LogP contribution >= 0.6 is 11.8 Å². The van der Waals surface area contributed by atoms with Gasteiger partial charge in [0.25, 0.3) is 0 Å². The van der Waals surface area contributed by atoms with Gasteiger partial charge in [0.15, 0.2) is 5.16 Å². The highest BCUT2D eigenvalue weighted by Gasteiger charge is 2.46. The Hall–Kier alpha value is -1.89. The topological polar surface area (TPSA) is 51.0 Å². The van der Waals surface area contributed by atoms with Crippen LogP contribution in [0, 0.1) is 5.82 Å². The summed E-state index contributed by atoms with van der Waals surface area (Å²) < 4.78 is 15.5. The van der Waals surface area contributed by atoms with E-state index in [0.717, 1.165) is 61.6 Å². The number of piperidine rings is 1. The molecule has 1 amide bonds. The molecule has 5 nitrogen and oxygen atoms in total. The normalized spacial score (nSPS) is 21.8. The first kappa shape index (κ1) is 19.4. The highest BCUT2D eigenvalue weighted by molar-refractivity contribution is 7.98. The van der Waals surface area contributed by atoms with Gasteiger partial charge in [-0.3, -0.25) is 4.79 Å². The van der Waals surface area contributed by atoms with E-state index in [1.165, 1.54) is 12.1 Å². The molecule has 1 aromatic carbocycles. The molecule has 1 aromatic heterocycles. The summed E-state index contributed by atoms with van der Waals surface area (Å²) in [6.07, 6.45) is 7.77. The summed E-state index contributed by atoms with van der Waals surface area (Å²) in [5, 5.41) is 9.56. The summed E-state index contributed by atoms with van der Waals surface area (Å²) in [4.78, 5) is 15.7. The van der Waals surface area contributed by atoms with Crippen molar-refractivity contribution in [1.29, 1.82) is 0 Å². The van der Waals surface area contributed by atoms with Crippen LogP contribution in [-0.4, -0.2) is 44.9 Å². The first-order valence-electron chi connectivity index (χ1n) is 10.0. The summed E-state index contributed by atoms with van der Waals surface area (Å²) in [5.74, 6) is 1.12. The molecule has 1 atom stereocenters.